The summed E-state index contributed by atoms with van der Waals surface area (Å²) in [6.45, 7) is 27.3. The Morgan fingerprint density at radius 3 is 1.21 bits per heavy atom. The van der Waals surface area contributed by atoms with Crippen LogP contribution >= 0.6 is 0 Å². The number of hydrogen-bond acceptors (Lipinski definition) is 3. The van der Waals surface area contributed by atoms with Crippen LogP contribution in [0.15, 0.2) is 0 Å². The molecule has 4 nitrogen and oxygen atoms in total. The lowest BCUT2D eigenvalue weighted by Crippen LogP contribution is -2.58. The van der Waals surface area contributed by atoms with Gasteiger partial charge in [0.1, 0.15) is 0 Å². The molecule has 378 valence electrons. The van der Waals surface area contributed by atoms with Gasteiger partial charge in [0.15, 0.2) is 16.6 Å². The fourth-order valence-corrected chi connectivity index (χ4v) is 8.15. The molecule has 0 aliphatic rings. The normalized spacial score (nSPS) is 11.3. The Balaban J connectivity index is -0.0000000696. The number of rotatable bonds is 22. The van der Waals surface area contributed by atoms with Crippen molar-refractivity contribution in [3.8, 4) is 143 Å². The van der Waals surface area contributed by atoms with Crippen molar-refractivity contribution in [2.24, 2.45) is 0 Å². The van der Waals surface area contributed by atoms with E-state index in [1.165, 1.54) is 70.6 Å². The monoisotopic (exact) mass is 922 g/mol. The Hall–Kier alpha value is -5.46. The summed E-state index contributed by atoms with van der Waals surface area (Å²) in [4.78, 5) is 13.4. The maximum absolute atomic E-state index is 13.4. The highest BCUT2D eigenvalue weighted by Crippen LogP contribution is 2.42. The van der Waals surface area contributed by atoms with Crippen LogP contribution in [0.25, 0.3) is 0 Å². The van der Waals surface area contributed by atoms with Crippen molar-refractivity contribution in [2.45, 2.75) is 206 Å². The first kappa shape index (κ1) is 57.5. The quantitative estimate of drug-likeness (QED) is 0.0669. The van der Waals surface area contributed by atoms with Crippen LogP contribution in [0.2, 0.25) is 36.3 Å². The lowest BCUT2D eigenvalue weighted by atomic mass is 9.97. The summed E-state index contributed by atoms with van der Waals surface area (Å²) >= 11 is 0. The van der Waals surface area contributed by atoms with E-state index in [1.54, 1.807) is 0 Å². The smallest absolute Gasteiger partial charge is 0.232 e. The second-order valence-electron chi connectivity index (χ2n) is 18.1. The van der Waals surface area contributed by atoms with Gasteiger partial charge in [0.05, 0.1) is 24.7 Å². The van der Waals surface area contributed by atoms with Gasteiger partial charge in [-0.3, -0.25) is 4.79 Å². The van der Waals surface area contributed by atoms with E-state index in [0.717, 1.165) is 12.8 Å². The van der Waals surface area contributed by atoms with Gasteiger partial charge in [-0.2, -0.15) is 0 Å². The van der Waals surface area contributed by atoms with Gasteiger partial charge in [-0.05, 0) is 144 Å². The molecular weight excluding hydrogens is 803 g/mol. The highest BCUT2D eigenvalue weighted by atomic mass is 28.4. The van der Waals surface area contributed by atoms with E-state index in [1.807, 2.05) is 0 Å². The molecule has 0 saturated heterocycles. The number of nitrogens with one attached hydrogen (secondary N) is 1. The molecule has 63 heavy (non-hydrogen) atoms. The van der Waals surface area contributed by atoms with Gasteiger partial charge < -0.3 is 14.2 Å². The minimum Gasteiger partial charge on any atom is -0.411 e. The van der Waals surface area contributed by atoms with E-state index in [9.17, 15) is 4.79 Å². The SMILES string of the molecule is C#CC#CC#CC#CC#CC#CC#CC#CC#CC#CC#CC#CCC(=O)N[C@@H](CC)[C@H](O[Si](C)(C)C(C)(C)C)[C@@H](CCCCCCCCCCCCCC)O[Si](C)(C)C(C)(C)C.[HH].[HH].[HH].[HH].[HH].[HH].[HH].[HH].[HH].[HH].[HH].[HH].[HH].[HH].[HH].[HH].[HH].[HH].[HH].[HH].[HH].[HH].[HH].[HH]. The Kier molecular flexibility index (Phi) is 31.1. The molecule has 0 radical (unpaired) electrons. The van der Waals surface area contributed by atoms with E-state index in [4.69, 9.17) is 15.3 Å². The van der Waals surface area contributed by atoms with Crippen molar-refractivity contribution in [3.05, 3.63) is 0 Å². The van der Waals surface area contributed by atoms with Gasteiger partial charge in [0.25, 0.3) is 0 Å². The van der Waals surface area contributed by atoms with Crippen molar-refractivity contribution >= 4 is 22.5 Å². The molecule has 0 spiro atoms. The summed E-state index contributed by atoms with van der Waals surface area (Å²) in [5.74, 6) is 58.3. The molecule has 1 amide bonds. The number of terminal acetylenes is 1. The summed E-state index contributed by atoms with van der Waals surface area (Å²) in [5, 5.41) is 3.33. The summed E-state index contributed by atoms with van der Waals surface area (Å²) in [5.41, 5.74) is 0. The summed E-state index contributed by atoms with van der Waals surface area (Å²) < 4.78 is 14.6. The number of amides is 1. The Morgan fingerprint density at radius 2 is 0.857 bits per heavy atom. The first-order valence-electron chi connectivity index (χ1n) is 22.5. The molecule has 0 fully saturated rings. The highest BCUT2D eigenvalue weighted by Gasteiger charge is 2.46. The fraction of sp³-hybridized carbons (Fsp3) is 0.561. The topological polar surface area (TPSA) is 47.6 Å². The second kappa shape index (κ2) is 34.1. The first-order chi connectivity index (χ1) is 29.9. The molecule has 0 unspecified atom stereocenters. The predicted octanol–water partition coefficient (Wildman–Crippen LogP) is 16.7. The Morgan fingerprint density at radius 1 is 0.524 bits per heavy atom. The second-order valence-corrected chi connectivity index (χ2v) is 27.7. The molecule has 0 rings (SSSR count). The minimum atomic E-state index is -2.26. The van der Waals surface area contributed by atoms with Crippen LogP contribution in [0.5, 0.6) is 0 Å². The molecular formula is C57H119NO3Si2. The maximum atomic E-state index is 13.4. The summed E-state index contributed by atoms with van der Waals surface area (Å²) in [6.07, 6.45) is 21.8. The standard InChI is InChI=1S/C57H71NO3Si2.24H2/c1-14-17-19-21-23-25-27-29-30-31-32-33-34-35-36-37-38-39-41-43-45-47-49-51-54(59)58-52(16-3)55(61-63(12,13)57(7,8)9)53(60-62(10,11)56(4,5)6)50-48-46-44-42-40-28-26-24-22-20-18-15-2;;;;;;;;;;;;;;;;;;;;;;;;/h1,52-53,55H,15-16,18,20,22,24,26,28,40,42,44,46,48,50-51H2,2-13H3,(H,58,59);24*1H/t52-,53+,55-;;;;;;;;;;;;;;;;;;;;;;;;/m0......................../s1. The molecule has 0 aromatic heterocycles. The zero-order valence-electron chi connectivity index (χ0n) is 40.6. The molecule has 0 saturated carbocycles. The van der Waals surface area contributed by atoms with Crippen LogP contribution in [0.4, 0.5) is 0 Å². The van der Waals surface area contributed by atoms with Crippen LogP contribution in [-0.4, -0.2) is 40.8 Å². The average Bonchev–Trinajstić information content (AvgIpc) is 3.21. The molecule has 0 heterocycles. The summed E-state index contributed by atoms with van der Waals surface area (Å²) in [7, 11) is -4.44. The lowest BCUT2D eigenvalue weighted by Gasteiger charge is -2.47. The van der Waals surface area contributed by atoms with Gasteiger partial charge in [-0.15, -0.1) is 6.42 Å². The van der Waals surface area contributed by atoms with E-state index in [0.29, 0.717) is 6.42 Å². The maximum Gasteiger partial charge on any atom is 0.232 e. The van der Waals surface area contributed by atoms with Crippen molar-refractivity contribution in [1.29, 1.82) is 0 Å². The van der Waals surface area contributed by atoms with Crippen LogP contribution in [0.3, 0.4) is 0 Å². The third-order valence-electron chi connectivity index (χ3n) is 11.0. The van der Waals surface area contributed by atoms with Crippen molar-refractivity contribution in [3.63, 3.8) is 0 Å². The molecule has 0 aromatic carbocycles. The molecule has 1 N–H and O–H groups in total. The Bertz CT molecular complexity index is 2290. The Labute approximate surface area is 424 Å². The van der Waals surface area contributed by atoms with Crippen molar-refractivity contribution < 1.29 is 47.9 Å². The van der Waals surface area contributed by atoms with E-state index < -0.39 is 16.6 Å². The van der Waals surface area contributed by atoms with Gasteiger partial charge in [0, 0.05) is 69.8 Å². The lowest BCUT2D eigenvalue weighted by molar-refractivity contribution is -0.122. The minimum absolute atomic E-state index is 0. The largest absolute Gasteiger partial charge is 0.411 e. The molecule has 0 bridgehead atoms. The van der Waals surface area contributed by atoms with Gasteiger partial charge in [-0.1, -0.05) is 138 Å². The van der Waals surface area contributed by atoms with Crippen LogP contribution in [0, 0.1) is 143 Å². The zero-order chi connectivity index (χ0) is 47.3. The number of carbonyl (C=O) groups is 1. The highest BCUT2D eigenvalue weighted by molar-refractivity contribution is 6.74. The molecule has 0 aliphatic heterocycles. The number of hydrogen-bond donors (Lipinski definition) is 1. The van der Waals surface area contributed by atoms with E-state index >= 15 is 0 Å². The molecule has 6 heteroatoms. The molecule has 0 aromatic rings. The van der Waals surface area contributed by atoms with Crippen LogP contribution in [0.1, 0.15) is 186 Å². The third-order valence-corrected chi connectivity index (χ3v) is 20.0. The van der Waals surface area contributed by atoms with E-state index in [2.05, 4.69) is 223 Å². The van der Waals surface area contributed by atoms with Crippen LogP contribution in [-0.2, 0) is 13.6 Å². The average molecular weight is 923 g/mol. The predicted molar refractivity (Wildman–Crippen MR) is 322 cm³/mol. The molecule has 3 atom stereocenters. The zero-order valence-corrected chi connectivity index (χ0v) is 42.6. The first-order valence-corrected chi connectivity index (χ1v) is 28.3. The van der Waals surface area contributed by atoms with Crippen molar-refractivity contribution in [2.75, 3.05) is 0 Å². The van der Waals surface area contributed by atoms with Crippen molar-refractivity contribution in [1.82, 2.24) is 5.32 Å². The van der Waals surface area contributed by atoms with Crippen LogP contribution < -0.4 is 5.32 Å². The third kappa shape index (κ3) is 29.5. The van der Waals surface area contributed by atoms with E-state index in [-0.39, 0.29) is 74.9 Å². The van der Waals surface area contributed by atoms with Gasteiger partial charge >= 0.3 is 0 Å². The van der Waals surface area contributed by atoms with Gasteiger partial charge in [0.2, 0.25) is 5.91 Å². The number of unbranched alkanes of at least 4 members (excludes halogenated alkanes) is 11. The number of carbonyl (C=O) groups excluding carboxylic acids is 1. The van der Waals surface area contributed by atoms with Gasteiger partial charge in [-0.25, -0.2) is 0 Å². The molecule has 0 aliphatic carbocycles. The fourth-order valence-electron chi connectivity index (χ4n) is 5.44. The summed E-state index contributed by atoms with van der Waals surface area (Å²) in [6, 6.07) is -0.226.